The van der Waals surface area contributed by atoms with Crippen LogP contribution in [0.3, 0.4) is 0 Å². The fourth-order valence-electron chi connectivity index (χ4n) is 3.13. The minimum Gasteiger partial charge on any atom is -0.337 e. The zero-order valence-electron chi connectivity index (χ0n) is 14.7. The first-order valence-electron chi connectivity index (χ1n) is 8.78. The quantitative estimate of drug-likeness (QED) is 0.885. The molecule has 25 heavy (non-hydrogen) atoms. The Kier molecular flexibility index (Phi) is 5.53. The summed E-state index contributed by atoms with van der Waals surface area (Å²) in [5, 5.41) is 4.90. The van der Waals surface area contributed by atoms with E-state index >= 15 is 0 Å². The van der Waals surface area contributed by atoms with Gasteiger partial charge in [-0.2, -0.15) is 0 Å². The van der Waals surface area contributed by atoms with E-state index in [-0.39, 0.29) is 17.7 Å². The van der Waals surface area contributed by atoms with Gasteiger partial charge in [-0.15, -0.1) is 11.3 Å². The van der Waals surface area contributed by atoms with E-state index in [1.54, 1.807) is 4.90 Å². The summed E-state index contributed by atoms with van der Waals surface area (Å²) in [6.45, 7) is 5.51. The van der Waals surface area contributed by atoms with E-state index in [9.17, 15) is 9.59 Å². The summed E-state index contributed by atoms with van der Waals surface area (Å²) >= 11 is 1.45. The van der Waals surface area contributed by atoms with Crippen LogP contribution in [-0.2, 0) is 4.79 Å². The third kappa shape index (κ3) is 4.28. The van der Waals surface area contributed by atoms with Crippen LogP contribution in [0.5, 0.6) is 0 Å². The van der Waals surface area contributed by atoms with Crippen LogP contribution >= 0.6 is 11.3 Å². The zero-order valence-corrected chi connectivity index (χ0v) is 15.5. The van der Waals surface area contributed by atoms with Crippen molar-refractivity contribution in [2.24, 2.45) is 5.92 Å². The van der Waals surface area contributed by atoms with Gasteiger partial charge in [-0.1, -0.05) is 32.0 Å². The van der Waals surface area contributed by atoms with E-state index in [1.165, 1.54) is 16.9 Å². The number of rotatable bonds is 4. The van der Waals surface area contributed by atoms with Gasteiger partial charge in [-0.25, -0.2) is 0 Å². The number of thiophene rings is 1. The molecule has 2 aromatic rings. The summed E-state index contributed by atoms with van der Waals surface area (Å²) in [5.41, 5.74) is 2.07. The standard InChI is InChI=1S/C20H24N2O2S/c1-14(2)15-7-9-17(10-8-15)21-19(23)16-5-3-11-22(13-16)20(24)18-6-4-12-25-18/h4,6-10,12,14,16H,3,5,11,13H2,1-2H3,(H,21,23)/t16-/m1/s1. The second-order valence-corrected chi connectivity index (χ2v) is 7.78. The van der Waals surface area contributed by atoms with E-state index in [1.807, 2.05) is 41.8 Å². The maximum Gasteiger partial charge on any atom is 0.263 e. The summed E-state index contributed by atoms with van der Waals surface area (Å²) in [7, 11) is 0. The average molecular weight is 356 g/mol. The third-order valence-electron chi connectivity index (χ3n) is 4.66. The fourth-order valence-corrected chi connectivity index (χ4v) is 3.82. The number of likely N-dealkylation sites (tertiary alicyclic amines) is 1. The number of benzene rings is 1. The second-order valence-electron chi connectivity index (χ2n) is 6.83. The van der Waals surface area contributed by atoms with Crippen LogP contribution in [0.25, 0.3) is 0 Å². The van der Waals surface area contributed by atoms with Crippen molar-refractivity contribution in [2.45, 2.75) is 32.6 Å². The normalized spacial score (nSPS) is 17.6. The van der Waals surface area contributed by atoms with Crippen LogP contribution in [0.1, 0.15) is 47.8 Å². The third-order valence-corrected chi connectivity index (χ3v) is 5.51. The van der Waals surface area contributed by atoms with E-state index in [0.717, 1.165) is 30.0 Å². The molecule has 0 radical (unpaired) electrons. The number of carbonyl (C=O) groups is 2. The van der Waals surface area contributed by atoms with Crippen molar-refractivity contribution >= 4 is 28.8 Å². The van der Waals surface area contributed by atoms with Gasteiger partial charge in [-0.05, 0) is 47.9 Å². The minimum absolute atomic E-state index is 0.000904. The largest absolute Gasteiger partial charge is 0.337 e. The Bertz CT molecular complexity index is 723. The second kappa shape index (κ2) is 7.83. The molecule has 2 heterocycles. The summed E-state index contributed by atoms with van der Waals surface area (Å²) in [5.74, 6) is 0.358. The molecule has 1 N–H and O–H groups in total. The number of piperidine rings is 1. The highest BCUT2D eigenvalue weighted by Gasteiger charge is 2.29. The van der Waals surface area contributed by atoms with Crippen LogP contribution < -0.4 is 5.32 Å². The number of carbonyl (C=O) groups excluding carboxylic acids is 2. The average Bonchev–Trinajstić information content (AvgIpc) is 3.16. The highest BCUT2D eigenvalue weighted by Crippen LogP contribution is 2.23. The number of amides is 2. The molecule has 1 saturated heterocycles. The molecular weight excluding hydrogens is 332 g/mol. The van der Waals surface area contributed by atoms with Crippen molar-refractivity contribution in [1.29, 1.82) is 0 Å². The summed E-state index contributed by atoms with van der Waals surface area (Å²) in [6.07, 6.45) is 1.69. The van der Waals surface area contributed by atoms with E-state index in [0.29, 0.717) is 12.5 Å². The van der Waals surface area contributed by atoms with Gasteiger partial charge >= 0.3 is 0 Å². The monoisotopic (exact) mass is 356 g/mol. The maximum absolute atomic E-state index is 12.6. The van der Waals surface area contributed by atoms with Crippen molar-refractivity contribution in [3.63, 3.8) is 0 Å². The van der Waals surface area contributed by atoms with Crippen LogP contribution in [0.2, 0.25) is 0 Å². The Morgan fingerprint density at radius 1 is 1.20 bits per heavy atom. The molecule has 1 fully saturated rings. The van der Waals surface area contributed by atoms with Gasteiger partial charge in [0.05, 0.1) is 10.8 Å². The molecule has 0 saturated carbocycles. The van der Waals surface area contributed by atoms with Gasteiger partial charge in [0, 0.05) is 18.8 Å². The van der Waals surface area contributed by atoms with Gasteiger partial charge in [0.2, 0.25) is 5.91 Å². The molecule has 3 rings (SSSR count). The van der Waals surface area contributed by atoms with Gasteiger partial charge in [-0.3, -0.25) is 9.59 Å². The smallest absolute Gasteiger partial charge is 0.263 e. The predicted octanol–water partition coefficient (Wildman–Crippen LogP) is 4.36. The molecule has 2 amide bonds. The molecule has 1 aromatic carbocycles. The first-order valence-corrected chi connectivity index (χ1v) is 9.66. The highest BCUT2D eigenvalue weighted by molar-refractivity contribution is 7.12. The molecule has 1 aliphatic heterocycles. The molecular formula is C20H24N2O2S. The molecule has 5 heteroatoms. The van der Waals surface area contributed by atoms with E-state index in [2.05, 4.69) is 19.2 Å². The number of nitrogens with one attached hydrogen (secondary N) is 1. The Labute approximate surface area is 152 Å². The molecule has 0 spiro atoms. The maximum atomic E-state index is 12.6. The van der Waals surface area contributed by atoms with E-state index in [4.69, 9.17) is 0 Å². The number of anilines is 1. The lowest BCUT2D eigenvalue weighted by atomic mass is 9.96. The van der Waals surface area contributed by atoms with Crippen molar-refractivity contribution in [3.05, 3.63) is 52.2 Å². The summed E-state index contributed by atoms with van der Waals surface area (Å²) < 4.78 is 0. The molecule has 0 aliphatic carbocycles. The van der Waals surface area contributed by atoms with Gasteiger partial charge in [0.1, 0.15) is 0 Å². The fraction of sp³-hybridized carbons (Fsp3) is 0.400. The predicted molar refractivity (Wildman–Crippen MR) is 102 cm³/mol. The summed E-state index contributed by atoms with van der Waals surface area (Å²) in [4.78, 5) is 27.6. The van der Waals surface area contributed by atoms with Crippen molar-refractivity contribution in [2.75, 3.05) is 18.4 Å². The first kappa shape index (κ1) is 17.7. The van der Waals surface area contributed by atoms with Crippen LogP contribution in [0.15, 0.2) is 41.8 Å². The first-order chi connectivity index (χ1) is 12.0. The number of hydrogen-bond donors (Lipinski definition) is 1. The molecule has 1 aromatic heterocycles. The Hall–Kier alpha value is -2.14. The SMILES string of the molecule is CC(C)c1ccc(NC(=O)[C@@H]2CCCN(C(=O)c3cccs3)C2)cc1. The number of nitrogens with zero attached hydrogens (tertiary/aromatic N) is 1. The molecule has 0 unspecified atom stereocenters. The molecule has 4 nitrogen and oxygen atoms in total. The van der Waals surface area contributed by atoms with Crippen LogP contribution in [0.4, 0.5) is 5.69 Å². The number of hydrogen-bond acceptors (Lipinski definition) is 3. The summed E-state index contributed by atoms with van der Waals surface area (Å²) in [6, 6.07) is 11.7. The minimum atomic E-state index is -0.151. The zero-order chi connectivity index (χ0) is 17.8. The lowest BCUT2D eigenvalue weighted by Gasteiger charge is -2.31. The Balaban J connectivity index is 1.61. The van der Waals surface area contributed by atoms with Gasteiger partial charge < -0.3 is 10.2 Å². The van der Waals surface area contributed by atoms with Crippen LogP contribution in [-0.4, -0.2) is 29.8 Å². The highest BCUT2D eigenvalue weighted by atomic mass is 32.1. The lowest BCUT2D eigenvalue weighted by molar-refractivity contribution is -0.121. The lowest BCUT2D eigenvalue weighted by Crippen LogP contribution is -2.43. The van der Waals surface area contributed by atoms with Crippen molar-refractivity contribution < 1.29 is 9.59 Å². The topological polar surface area (TPSA) is 49.4 Å². The molecule has 132 valence electrons. The Morgan fingerprint density at radius 3 is 2.60 bits per heavy atom. The van der Waals surface area contributed by atoms with Crippen molar-refractivity contribution in [1.82, 2.24) is 4.90 Å². The van der Waals surface area contributed by atoms with Gasteiger partial charge in [0.25, 0.3) is 5.91 Å². The van der Waals surface area contributed by atoms with Gasteiger partial charge in [0.15, 0.2) is 0 Å². The molecule has 1 aliphatic rings. The van der Waals surface area contributed by atoms with Crippen molar-refractivity contribution in [3.8, 4) is 0 Å². The van der Waals surface area contributed by atoms with E-state index < -0.39 is 0 Å². The molecule has 1 atom stereocenters. The molecule has 0 bridgehead atoms. The van der Waals surface area contributed by atoms with Crippen LogP contribution in [0, 0.1) is 5.92 Å². The Morgan fingerprint density at radius 2 is 1.96 bits per heavy atom.